The lowest BCUT2D eigenvalue weighted by Crippen LogP contribution is -2.33. The Labute approximate surface area is 152 Å². The molecule has 2 heterocycles. The van der Waals surface area contributed by atoms with Crippen molar-refractivity contribution in [2.75, 3.05) is 24.2 Å². The van der Waals surface area contributed by atoms with E-state index >= 15 is 0 Å². The van der Waals surface area contributed by atoms with Gasteiger partial charge in [-0.1, -0.05) is 0 Å². The van der Waals surface area contributed by atoms with Gasteiger partial charge in [-0.2, -0.15) is 5.10 Å². The minimum atomic E-state index is -3.48. The summed E-state index contributed by atoms with van der Waals surface area (Å²) in [6, 6.07) is 4.14. The molecule has 8 nitrogen and oxygen atoms in total. The quantitative estimate of drug-likeness (QED) is 0.586. The van der Waals surface area contributed by atoms with Crippen LogP contribution in [0.5, 0.6) is 0 Å². The molecule has 1 aromatic heterocycles. The molecule has 0 unspecified atom stereocenters. The van der Waals surface area contributed by atoms with Crippen LogP contribution in [0.15, 0.2) is 35.5 Å². The molecule has 1 aliphatic heterocycles. The minimum absolute atomic E-state index is 0.0326. The molecule has 2 aromatic rings. The Bertz CT molecular complexity index is 915. The summed E-state index contributed by atoms with van der Waals surface area (Å²) in [6.45, 7) is 4.23. The average molecular weight is 378 g/mol. The fourth-order valence-electron chi connectivity index (χ4n) is 3.36. The Morgan fingerprint density at radius 2 is 2.00 bits per heavy atom. The number of sulfone groups is 1. The van der Waals surface area contributed by atoms with Gasteiger partial charge in [0.1, 0.15) is 5.69 Å². The van der Waals surface area contributed by atoms with Gasteiger partial charge in [0.2, 0.25) is 0 Å². The van der Waals surface area contributed by atoms with Crippen LogP contribution in [-0.4, -0.2) is 42.5 Å². The lowest BCUT2D eigenvalue weighted by molar-refractivity contribution is -0.384. The highest BCUT2D eigenvalue weighted by molar-refractivity contribution is 7.90. The molecule has 1 fully saturated rings. The van der Waals surface area contributed by atoms with E-state index in [2.05, 4.69) is 11.3 Å². The number of aryl methyl sites for hydroxylation is 1. The molecule has 0 amide bonds. The molecular formula is C17H22N4O4S. The van der Waals surface area contributed by atoms with Gasteiger partial charge in [0.15, 0.2) is 9.84 Å². The fraction of sp³-hybridized carbons (Fsp3) is 0.471. The molecule has 3 rings (SSSR count). The molecule has 0 bridgehead atoms. The molecule has 9 heteroatoms. The van der Waals surface area contributed by atoms with Gasteiger partial charge in [0.05, 0.1) is 16.0 Å². The maximum absolute atomic E-state index is 11.7. The zero-order chi connectivity index (χ0) is 18.9. The molecule has 1 saturated heterocycles. The first-order valence-corrected chi connectivity index (χ1v) is 10.4. The second-order valence-corrected chi connectivity index (χ2v) is 8.59. The number of nitrogens with zero attached hydrogens (tertiary/aromatic N) is 4. The topological polar surface area (TPSA) is 98.3 Å². The van der Waals surface area contributed by atoms with Crippen molar-refractivity contribution in [3.8, 4) is 0 Å². The summed E-state index contributed by atoms with van der Waals surface area (Å²) >= 11 is 0. The van der Waals surface area contributed by atoms with E-state index in [9.17, 15) is 18.5 Å². The van der Waals surface area contributed by atoms with E-state index in [1.165, 1.54) is 11.6 Å². The molecule has 0 atom stereocenters. The highest BCUT2D eigenvalue weighted by Crippen LogP contribution is 2.35. The van der Waals surface area contributed by atoms with Crippen molar-refractivity contribution in [2.24, 2.45) is 0 Å². The molecule has 0 saturated carbocycles. The van der Waals surface area contributed by atoms with Crippen molar-refractivity contribution in [3.05, 3.63) is 46.3 Å². The van der Waals surface area contributed by atoms with Gasteiger partial charge in [-0.15, -0.1) is 0 Å². The number of piperidine rings is 1. The minimum Gasteiger partial charge on any atom is -0.366 e. The summed E-state index contributed by atoms with van der Waals surface area (Å²) in [5.41, 5.74) is 1.52. The van der Waals surface area contributed by atoms with Crippen LogP contribution in [-0.2, 0) is 16.4 Å². The van der Waals surface area contributed by atoms with Crippen LogP contribution in [0.3, 0.4) is 0 Å². The van der Waals surface area contributed by atoms with Crippen LogP contribution in [0.1, 0.15) is 31.2 Å². The fourth-order valence-corrected chi connectivity index (χ4v) is 4.01. The molecule has 26 heavy (non-hydrogen) atoms. The molecule has 1 aromatic carbocycles. The molecule has 0 radical (unpaired) electrons. The number of hydrogen-bond donors (Lipinski definition) is 0. The first-order valence-electron chi connectivity index (χ1n) is 8.55. The number of benzene rings is 1. The smallest absolute Gasteiger partial charge is 0.293 e. The van der Waals surface area contributed by atoms with Crippen LogP contribution in [0.4, 0.5) is 11.4 Å². The third-order valence-electron chi connectivity index (χ3n) is 4.86. The molecule has 1 aliphatic rings. The Kier molecular flexibility index (Phi) is 4.99. The van der Waals surface area contributed by atoms with Gasteiger partial charge < -0.3 is 4.90 Å². The molecule has 0 aliphatic carbocycles. The Balaban J connectivity index is 1.79. The van der Waals surface area contributed by atoms with Gasteiger partial charge in [0.25, 0.3) is 5.69 Å². The van der Waals surface area contributed by atoms with Crippen LogP contribution >= 0.6 is 0 Å². The number of nitro benzene ring substituents is 1. The van der Waals surface area contributed by atoms with Crippen molar-refractivity contribution in [2.45, 2.75) is 37.1 Å². The Morgan fingerprint density at radius 1 is 1.31 bits per heavy atom. The van der Waals surface area contributed by atoms with E-state index in [1.54, 1.807) is 6.07 Å². The predicted molar refractivity (Wildman–Crippen MR) is 98.3 cm³/mol. The first kappa shape index (κ1) is 18.4. The normalized spacial score (nSPS) is 16.0. The third-order valence-corrected chi connectivity index (χ3v) is 5.97. The van der Waals surface area contributed by atoms with E-state index in [4.69, 9.17) is 0 Å². The van der Waals surface area contributed by atoms with Crippen molar-refractivity contribution in [3.63, 3.8) is 0 Å². The van der Waals surface area contributed by atoms with Crippen LogP contribution in [0.2, 0.25) is 0 Å². The summed E-state index contributed by atoms with van der Waals surface area (Å²) in [7, 11) is -3.48. The van der Waals surface area contributed by atoms with Gasteiger partial charge in [-0.25, -0.2) is 8.42 Å². The van der Waals surface area contributed by atoms with E-state index in [0.29, 0.717) is 24.7 Å². The Morgan fingerprint density at radius 3 is 2.54 bits per heavy atom. The molecular weight excluding hydrogens is 356 g/mol. The molecule has 0 spiro atoms. The summed E-state index contributed by atoms with van der Waals surface area (Å²) < 4.78 is 25.3. The zero-order valence-corrected chi connectivity index (χ0v) is 15.6. The lowest BCUT2D eigenvalue weighted by atomic mass is 9.91. The van der Waals surface area contributed by atoms with Crippen LogP contribution in [0, 0.1) is 10.1 Å². The predicted octanol–water partition coefficient (Wildman–Crippen LogP) is 2.60. The third kappa shape index (κ3) is 3.72. The number of aromatic nitrogens is 2. The average Bonchev–Trinajstić information content (AvgIpc) is 3.10. The first-order chi connectivity index (χ1) is 12.3. The maximum Gasteiger partial charge on any atom is 0.293 e. The summed E-state index contributed by atoms with van der Waals surface area (Å²) in [6.07, 6.45) is 6.76. The monoisotopic (exact) mass is 378 g/mol. The second kappa shape index (κ2) is 7.06. The van der Waals surface area contributed by atoms with Crippen LogP contribution < -0.4 is 4.90 Å². The Hall–Kier alpha value is -2.42. The highest BCUT2D eigenvalue weighted by atomic mass is 32.2. The number of anilines is 1. The zero-order valence-electron chi connectivity index (χ0n) is 14.8. The maximum atomic E-state index is 11.7. The van der Waals surface area contributed by atoms with E-state index < -0.39 is 14.8 Å². The SMILES string of the molecule is CCn1cc(C2CCN(c3ccc(S(C)(=O)=O)cc3[N+](=O)[O-])CC2)cn1. The number of hydrogen-bond acceptors (Lipinski definition) is 6. The standard InChI is InChI=1S/C17H22N4O4S/c1-3-20-12-14(11-18-20)13-6-8-19(9-7-13)16-5-4-15(26(2,24)25)10-17(16)21(22)23/h4-5,10-13H,3,6-9H2,1-2H3. The number of nitro groups is 1. The van der Waals surface area contributed by atoms with Crippen LogP contribution in [0.25, 0.3) is 0 Å². The van der Waals surface area contributed by atoms with Crippen molar-refractivity contribution >= 4 is 21.2 Å². The second-order valence-electron chi connectivity index (χ2n) is 6.57. The van der Waals surface area contributed by atoms with Crippen molar-refractivity contribution in [1.82, 2.24) is 9.78 Å². The molecule has 140 valence electrons. The number of rotatable bonds is 5. The van der Waals surface area contributed by atoms with Gasteiger partial charge in [-0.05, 0) is 43.4 Å². The van der Waals surface area contributed by atoms with E-state index in [1.807, 2.05) is 22.7 Å². The van der Waals surface area contributed by atoms with Crippen molar-refractivity contribution < 1.29 is 13.3 Å². The summed E-state index contributed by atoms with van der Waals surface area (Å²) in [5, 5.41) is 15.8. The van der Waals surface area contributed by atoms with E-state index in [-0.39, 0.29) is 10.6 Å². The molecule has 0 N–H and O–H groups in total. The van der Waals surface area contributed by atoms with Gasteiger partial charge in [0, 0.05) is 38.2 Å². The summed E-state index contributed by atoms with van der Waals surface area (Å²) in [5.74, 6) is 0.390. The summed E-state index contributed by atoms with van der Waals surface area (Å²) in [4.78, 5) is 12.9. The van der Waals surface area contributed by atoms with Gasteiger partial charge >= 0.3 is 0 Å². The van der Waals surface area contributed by atoms with Gasteiger partial charge in [-0.3, -0.25) is 14.8 Å². The highest BCUT2D eigenvalue weighted by Gasteiger charge is 2.27. The lowest BCUT2D eigenvalue weighted by Gasteiger charge is -2.33. The van der Waals surface area contributed by atoms with Crippen molar-refractivity contribution in [1.29, 1.82) is 0 Å². The largest absolute Gasteiger partial charge is 0.366 e. The van der Waals surface area contributed by atoms with E-state index in [0.717, 1.165) is 31.7 Å².